The molecule has 262 valence electrons. The molecule has 3 heterocycles. The lowest BCUT2D eigenvalue weighted by molar-refractivity contribution is 1.07. The molecule has 5 heteroatoms. The van der Waals surface area contributed by atoms with Crippen LogP contribution in [0.4, 0.5) is 0 Å². The zero-order valence-electron chi connectivity index (χ0n) is 30.3. The van der Waals surface area contributed by atoms with Gasteiger partial charge >= 0.3 is 0 Å². The number of hydrogen-bond donors (Lipinski definition) is 0. The van der Waals surface area contributed by atoms with Crippen molar-refractivity contribution in [1.29, 1.82) is 0 Å². The molecule has 5 nitrogen and oxygen atoms in total. The topological polar surface area (TPSA) is 48.5 Å². The van der Waals surface area contributed by atoms with Gasteiger partial charge in [0.25, 0.3) is 0 Å². The first-order valence-corrected chi connectivity index (χ1v) is 18.9. The Balaban J connectivity index is 1.10. The SMILES string of the molecule is c1ccc(-c2nc(-c3ccccc3)nc(-c3cccc(-c4cccc5c4c4ccccc4n5-c4ccc5c6ccccc6n(-c6ccccc6)c5c4)c3)n2)cc1. The third kappa shape index (κ3) is 5.21. The molecule has 0 fully saturated rings. The van der Waals surface area contributed by atoms with Crippen molar-refractivity contribution in [2.24, 2.45) is 0 Å². The van der Waals surface area contributed by atoms with Crippen LogP contribution in [0.2, 0.25) is 0 Å². The fourth-order valence-corrected chi connectivity index (χ4v) is 8.25. The highest BCUT2D eigenvalue weighted by molar-refractivity contribution is 6.16. The lowest BCUT2D eigenvalue weighted by Gasteiger charge is -2.12. The van der Waals surface area contributed by atoms with Crippen LogP contribution in [0, 0.1) is 0 Å². The highest BCUT2D eigenvalue weighted by atomic mass is 15.0. The van der Waals surface area contributed by atoms with Crippen molar-refractivity contribution in [3.63, 3.8) is 0 Å². The Morgan fingerprint density at radius 3 is 1.46 bits per heavy atom. The zero-order chi connectivity index (χ0) is 37.0. The van der Waals surface area contributed by atoms with Gasteiger partial charge in [-0.25, -0.2) is 15.0 Å². The molecular weight excluding hydrogens is 683 g/mol. The van der Waals surface area contributed by atoms with Gasteiger partial charge in [0, 0.05) is 49.6 Å². The third-order valence-electron chi connectivity index (χ3n) is 10.8. The molecule has 0 radical (unpaired) electrons. The van der Waals surface area contributed by atoms with Crippen molar-refractivity contribution in [2.45, 2.75) is 0 Å². The fraction of sp³-hybridized carbons (Fsp3) is 0. The summed E-state index contributed by atoms with van der Waals surface area (Å²) in [5, 5.41) is 4.88. The molecule has 0 amide bonds. The Morgan fingerprint density at radius 1 is 0.286 bits per heavy atom. The van der Waals surface area contributed by atoms with E-state index in [9.17, 15) is 0 Å². The first-order chi connectivity index (χ1) is 27.8. The van der Waals surface area contributed by atoms with Gasteiger partial charge in [-0.3, -0.25) is 0 Å². The molecule has 0 spiro atoms. The Labute approximate surface area is 323 Å². The Hall–Kier alpha value is -7.63. The van der Waals surface area contributed by atoms with E-state index in [1.807, 2.05) is 60.7 Å². The van der Waals surface area contributed by atoms with Crippen molar-refractivity contribution < 1.29 is 0 Å². The normalized spacial score (nSPS) is 11.6. The van der Waals surface area contributed by atoms with E-state index in [-0.39, 0.29) is 0 Å². The number of benzene rings is 8. The van der Waals surface area contributed by atoms with Gasteiger partial charge in [-0.05, 0) is 59.7 Å². The summed E-state index contributed by atoms with van der Waals surface area (Å²) in [4.78, 5) is 15.0. The van der Waals surface area contributed by atoms with Crippen molar-refractivity contribution in [2.75, 3.05) is 0 Å². The molecule has 11 aromatic rings. The molecule has 0 bridgehead atoms. The summed E-state index contributed by atoms with van der Waals surface area (Å²) in [5.41, 5.74) is 12.0. The van der Waals surface area contributed by atoms with Crippen LogP contribution in [0.25, 0.3) is 100 Å². The van der Waals surface area contributed by atoms with Crippen LogP contribution in [0.1, 0.15) is 0 Å². The van der Waals surface area contributed by atoms with E-state index >= 15 is 0 Å². The van der Waals surface area contributed by atoms with Crippen LogP contribution >= 0.6 is 0 Å². The average molecular weight is 716 g/mol. The van der Waals surface area contributed by atoms with E-state index in [0.717, 1.165) is 50.2 Å². The third-order valence-corrected chi connectivity index (χ3v) is 10.8. The van der Waals surface area contributed by atoms with Gasteiger partial charge in [0.2, 0.25) is 0 Å². The minimum absolute atomic E-state index is 0.635. The van der Waals surface area contributed by atoms with Crippen molar-refractivity contribution in [1.82, 2.24) is 24.1 Å². The Morgan fingerprint density at radius 2 is 0.768 bits per heavy atom. The fourth-order valence-electron chi connectivity index (χ4n) is 8.25. The maximum absolute atomic E-state index is 5.03. The second-order valence-electron chi connectivity index (χ2n) is 14.1. The highest BCUT2D eigenvalue weighted by Gasteiger charge is 2.19. The molecule has 11 rings (SSSR count). The standard InChI is InChI=1S/C51H33N5/c1-4-16-34(17-5-1)49-52-50(35-18-6-2-7-19-35)54-51(53-49)37-21-14-20-36(32-37)40-26-15-29-46-48(40)43-25-11-13-28-45(43)56(46)39-30-31-42-41-24-10-12-27-44(41)55(47(42)33-39)38-22-8-3-9-23-38/h1-33H. The minimum atomic E-state index is 0.635. The van der Waals surface area contributed by atoms with Crippen LogP contribution in [0.15, 0.2) is 200 Å². The second-order valence-corrected chi connectivity index (χ2v) is 14.1. The van der Waals surface area contributed by atoms with Gasteiger partial charge in [0.1, 0.15) is 0 Å². The summed E-state index contributed by atoms with van der Waals surface area (Å²) >= 11 is 0. The molecule has 0 N–H and O–H groups in total. The largest absolute Gasteiger partial charge is 0.309 e. The van der Waals surface area contributed by atoms with Crippen LogP contribution < -0.4 is 0 Å². The van der Waals surface area contributed by atoms with Crippen molar-refractivity contribution in [3.8, 4) is 56.7 Å². The molecule has 0 unspecified atom stereocenters. The maximum Gasteiger partial charge on any atom is 0.164 e. The number of fused-ring (bicyclic) bond motifs is 6. The number of rotatable bonds is 6. The molecule has 0 aliphatic carbocycles. The van der Waals surface area contributed by atoms with Gasteiger partial charge in [-0.1, -0.05) is 152 Å². The smallest absolute Gasteiger partial charge is 0.164 e. The number of aromatic nitrogens is 5. The summed E-state index contributed by atoms with van der Waals surface area (Å²) in [6.07, 6.45) is 0. The Kier molecular flexibility index (Phi) is 7.42. The van der Waals surface area contributed by atoms with E-state index in [1.165, 1.54) is 32.6 Å². The van der Waals surface area contributed by atoms with Crippen LogP contribution in [0.5, 0.6) is 0 Å². The van der Waals surface area contributed by atoms with E-state index < -0.39 is 0 Å². The summed E-state index contributed by atoms with van der Waals surface area (Å²) < 4.78 is 4.79. The molecule has 0 aliphatic rings. The van der Waals surface area contributed by atoms with Crippen LogP contribution in [-0.2, 0) is 0 Å². The number of nitrogens with zero attached hydrogens (tertiary/aromatic N) is 5. The lowest BCUT2D eigenvalue weighted by Crippen LogP contribution is -2.00. The van der Waals surface area contributed by atoms with Gasteiger partial charge in [0.05, 0.1) is 22.1 Å². The predicted molar refractivity (Wildman–Crippen MR) is 230 cm³/mol. The van der Waals surface area contributed by atoms with Gasteiger partial charge < -0.3 is 9.13 Å². The molecule has 0 aliphatic heterocycles. The molecular formula is C51H33N5. The van der Waals surface area contributed by atoms with E-state index in [1.54, 1.807) is 0 Å². The van der Waals surface area contributed by atoms with E-state index in [4.69, 9.17) is 15.0 Å². The summed E-state index contributed by atoms with van der Waals surface area (Å²) in [6, 6.07) is 70.4. The number of hydrogen-bond acceptors (Lipinski definition) is 3. The van der Waals surface area contributed by atoms with Crippen molar-refractivity contribution >= 4 is 43.6 Å². The molecule has 0 saturated carbocycles. The zero-order valence-corrected chi connectivity index (χ0v) is 30.3. The average Bonchev–Trinajstić information content (AvgIpc) is 3.80. The highest BCUT2D eigenvalue weighted by Crippen LogP contribution is 2.41. The van der Waals surface area contributed by atoms with E-state index in [2.05, 4.69) is 149 Å². The number of para-hydroxylation sites is 3. The molecule has 0 atom stereocenters. The molecule has 8 aromatic carbocycles. The quantitative estimate of drug-likeness (QED) is 0.172. The summed E-state index contributed by atoms with van der Waals surface area (Å²) in [5.74, 6) is 1.93. The van der Waals surface area contributed by atoms with Gasteiger partial charge in [-0.2, -0.15) is 0 Å². The lowest BCUT2D eigenvalue weighted by atomic mass is 9.97. The van der Waals surface area contributed by atoms with Crippen LogP contribution in [-0.4, -0.2) is 24.1 Å². The van der Waals surface area contributed by atoms with Gasteiger partial charge in [-0.15, -0.1) is 0 Å². The Bertz CT molecular complexity index is 3180. The first kappa shape index (κ1) is 31.9. The van der Waals surface area contributed by atoms with Gasteiger partial charge in [0.15, 0.2) is 17.5 Å². The molecule has 3 aromatic heterocycles. The molecule has 0 saturated heterocycles. The monoisotopic (exact) mass is 715 g/mol. The first-order valence-electron chi connectivity index (χ1n) is 18.9. The van der Waals surface area contributed by atoms with E-state index in [0.29, 0.717) is 17.5 Å². The minimum Gasteiger partial charge on any atom is -0.309 e. The van der Waals surface area contributed by atoms with Crippen molar-refractivity contribution in [3.05, 3.63) is 200 Å². The predicted octanol–water partition coefficient (Wildman–Crippen LogP) is 12.7. The van der Waals surface area contributed by atoms with Crippen LogP contribution in [0.3, 0.4) is 0 Å². The maximum atomic E-state index is 5.03. The summed E-state index contributed by atoms with van der Waals surface area (Å²) in [6.45, 7) is 0. The second kappa shape index (κ2) is 13.0. The summed E-state index contributed by atoms with van der Waals surface area (Å²) in [7, 11) is 0. The molecule has 56 heavy (non-hydrogen) atoms.